The van der Waals surface area contributed by atoms with Crippen LogP contribution in [0.15, 0.2) is 30.3 Å². The van der Waals surface area contributed by atoms with Gasteiger partial charge in [0.15, 0.2) is 5.82 Å². The minimum absolute atomic E-state index is 0.456. The quantitative estimate of drug-likeness (QED) is 0.877. The highest BCUT2D eigenvalue weighted by Crippen LogP contribution is 2.22. The van der Waals surface area contributed by atoms with Crippen molar-refractivity contribution in [2.24, 2.45) is 0 Å². The molecule has 0 aliphatic rings. The number of anilines is 1. The highest BCUT2D eigenvalue weighted by Gasteiger charge is 2.07. The van der Waals surface area contributed by atoms with Gasteiger partial charge in [-0.1, -0.05) is 12.1 Å². The zero-order valence-electron chi connectivity index (χ0n) is 12.0. The Kier molecular flexibility index (Phi) is 4.90. The van der Waals surface area contributed by atoms with Gasteiger partial charge in [0.05, 0.1) is 19.4 Å². The molecule has 0 aliphatic carbocycles. The van der Waals surface area contributed by atoms with E-state index in [0.29, 0.717) is 12.4 Å². The van der Waals surface area contributed by atoms with E-state index in [2.05, 4.69) is 15.3 Å². The summed E-state index contributed by atoms with van der Waals surface area (Å²) in [6.07, 6.45) is 0. The lowest BCUT2D eigenvalue weighted by Crippen LogP contribution is -2.04. The summed E-state index contributed by atoms with van der Waals surface area (Å²) in [7, 11) is 3.30. The van der Waals surface area contributed by atoms with E-state index in [-0.39, 0.29) is 0 Å². The van der Waals surface area contributed by atoms with E-state index in [9.17, 15) is 0 Å². The smallest absolute Gasteiger partial charge is 0.161 e. The van der Waals surface area contributed by atoms with Gasteiger partial charge in [-0.3, -0.25) is 0 Å². The predicted molar refractivity (Wildman–Crippen MR) is 78.9 cm³/mol. The molecule has 0 spiro atoms. The number of methoxy groups -OCH3 is 2. The van der Waals surface area contributed by atoms with Crippen LogP contribution in [-0.2, 0) is 11.3 Å². The molecule has 1 aromatic carbocycles. The third kappa shape index (κ3) is 3.45. The van der Waals surface area contributed by atoms with Gasteiger partial charge in [0.1, 0.15) is 11.6 Å². The minimum atomic E-state index is 0.456. The maximum atomic E-state index is 5.24. The Morgan fingerprint density at radius 3 is 2.70 bits per heavy atom. The summed E-state index contributed by atoms with van der Waals surface area (Å²) in [4.78, 5) is 9.04. The highest BCUT2D eigenvalue weighted by atomic mass is 16.5. The maximum absolute atomic E-state index is 5.24. The van der Waals surface area contributed by atoms with E-state index < -0.39 is 0 Å². The summed E-state index contributed by atoms with van der Waals surface area (Å²) in [5.41, 5.74) is 1.76. The fraction of sp³-hybridized carbons (Fsp3) is 0.333. The molecule has 0 fully saturated rings. The lowest BCUT2D eigenvalue weighted by molar-refractivity contribution is 0.181. The van der Waals surface area contributed by atoms with Crippen LogP contribution in [0.2, 0.25) is 0 Å². The molecule has 0 aliphatic heterocycles. The SMILES string of the molecule is CCNc1cc(COC)nc(-c2cccc(OC)c2)n1. The van der Waals surface area contributed by atoms with Gasteiger partial charge in [0, 0.05) is 25.3 Å². The Balaban J connectivity index is 2.42. The van der Waals surface area contributed by atoms with Crippen LogP contribution in [-0.4, -0.2) is 30.7 Å². The Hall–Kier alpha value is -2.14. The molecule has 2 rings (SSSR count). The molecule has 0 unspecified atom stereocenters. The third-order valence-electron chi connectivity index (χ3n) is 2.76. The van der Waals surface area contributed by atoms with Gasteiger partial charge in [-0.25, -0.2) is 9.97 Å². The molecule has 5 nitrogen and oxygen atoms in total. The third-order valence-corrected chi connectivity index (χ3v) is 2.76. The molecule has 0 saturated heterocycles. The molecule has 2 aromatic rings. The zero-order valence-corrected chi connectivity index (χ0v) is 12.0. The van der Waals surface area contributed by atoms with Crippen LogP contribution >= 0.6 is 0 Å². The molecule has 0 amide bonds. The van der Waals surface area contributed by atoms with Gasteiger partial charge < -0.3 is 14.8 Å². The molecule has 0 atom stereocenters. The fourth-order valence-corrected chi connectivity index (χ4v) is 1.88. The second-order valence-electron chi connectivity index (χ2n) is 4.26. The van der Waals surface area contributed by atoms with Gasteiger partial charge >= 0.3 is 0 Å². The first-order chi connectivity index (χ1) is 9.76. The van der Waals surface area contributed by atoms with Crippen LogP contribution < -0.4 is 10.1 Å². The second-order valence-corrected chi connectivity index (χ2v) is 4.26. The van der Waals surface area contributed by atoms with Crippen molar-refractivity contribution < 1.29 is 9.47 Å². The summed E-state index contributed by atoms with van der Waals surface area (Å²) in [6, 6.07) is 9.60. The normalized spacial score (nSPS) is 10.3. The molecular formula is C15H19N3O2. The summed E-state index contributed by atoms with van der Waals surface area (Å²) < 4.78 is 10.4. The van der Waals surface area contributed by atoms with Crippen LogP contribution in [0.3, 0.4) is 0 Å². The lowest BCUT2D eigenvalue weighted by atomic mass is 10.2. The summed E-state index contributed by atoms with van der Waals surface area (Å²) in [5.74, 6) is 2.25. The number of ether oxygens (including phenoxy) is 2. The van der Waals surface area contributed by atoms with Gasteiger partial charge in [-0.05, 0) is 19.1 Å². The van der Waals surface area contributed by atoms with Crippen LogP contribution in [0.5, 0.6) is 5.75 Å². The highest BCUT2D eigenvalue weighted by molar-refractivity contribution is 5.59. The van der Waals surface area contributed by atoms with E-state index >= 15 is 0 Å². The monoisotopic (exact) mass is 273 g/mol. The van der Waals surface area contributed by atoms with Crippen LogP contribution in [0.1, 0.15) is 12.6 Å². The molecule has 1 heterocycles. The van der Waals surface area contributed by atoms with Crippen molar-refractivity contribution in [3.63, 3.8) is 0 Å². The van der Waals surface area contributed by atoms with Crippen molar-refractivity contribution in [3.8, 4) is 17.1 Å². The fourth-order valence-electron chi connectivity index (χ4n) is 1.88. The summed E-state index contributed by atoms with van der Waals surface area (Å²) in [5, 5.41) is 3.21. The van der Waals surface area contributed by atoms with E-state index in [1.807, 2.05) is 37.3 Å². The molecular weight excluding hydrogens is 254 g/mol. The van der Waals surface area contributed by atoms with E-state index in [0.717, 1.165) is 29.4 Å². The number of nitrogens with zero attached hydrogens (tertiary/aromatic N) is 2. The average Bonchev–Trinajstić information content (AvgIpc) is 2.48. The van der Waals surface area contributed by atoms with E-state index in [1.165, 1.54) is 0 Å². The van der Waals surface area contributed by atoms with Crippen LogP contribution in [0.25, 0.3) is 11.4 Å². The minimum Gasteiger partial charge on any atom is -0.497 e. The predicted octanol–water partition coefficient (Wildman–Crippen LogP) is 2.73. The lowest BCUT2D eigenvalue weighted by Gasteiger charge is -2.09. The maximum Gasteiger partial charge on any atom is 0.161 e. The first-order valence-corrected chi connectivity index (χ1v) is 6.52. The van der Waals surface area contributed by atoms with E-state index in [1.54, 1.807) is 14.2 Å². The van der Waals surface area contributed by atoms with E-state index in [4.69, 9.17) is 9.47 Å². The van der Waals surface area contributed by atoms with Crippen molar-refractivity contribution in [2.75, 3.05) is 26.1 Å². The largest absolute Gasteiger partial charge is 0.497 e. The van der Waals surface area contributed by atoms with Crippen molar-refractivity contribution in [2.45, 2.75) is 13.5 Å². The number of aromatic nitrogens is 2. The summed E-state index contributed by atoms with van der Waals surface area (Å²) in [6.45, 7) is 3.29. The zero-order chi connectivity index (χ0) is 14.4. The number of hydrogen-bond acceptors (Lipinski definition) is 5. The van der Waals surface area contributed by atoms with Crippen molar-refractivity contribution >= 4 is 5.82 Å². The molecule has 0 bridgehead atoms. The Morgan fingerprint density at radius 1 is 1.15 bits per heavy atom. The summed E-state index contributed by atoms with van der Waals surface area (Å²) >= 11 is 0. The van der Waals surface area contributed by atoms with Crippen LogP contribution in [0, 0.1) is 0 Å². The Bertz CT molecular complexity index is 549. The molecule has 0 radical (unpaired) electrons. The topological polar surface area (TPSA) is 56.3 Å². The molecule has 1 N–H and O–H groups in total. The Labute approximate surface area is 119 Å². The molecule has 20 heavy (non-hydrogen) atoms. The van der Waals surface area contributed by atoms with Gasteiger partial charge in [0.25, 0.3) is 0 Å². The standard InChI is InChI=1S/C15H19N3O2/c1-4-16-14-9-12(10-19-2)17-15(18-14)11-6-5-7-13(8-11)20-3/h5-9H,4,10H2,1-3H3,(H,16,17,18). The number of hydrogen-bond donors (Lipinski definition) is 1. The number of nitrogens with one attached hydrogen (secondary N) is 1. The Morgan fingerprint density at radius 2 is 2.00 bits per heavy atom. The van der Waals surface area contributed by atoms with Crippen LogP contribution in [0.4, 0.5) is 5.82 Å². The number of benzene rings is 1. The first-order valence-electron chi connectivity index (χ1n) is 6.52. The first kappa shape index (κ1) is 14.3. The second kappa shape index (κ2) is 6.86. The van der Waals surface area contributed by atoms with Crippen molar-refractivity contribution in [1.29, 1.82) is 0 Å². The molecule has 106 valence electrons. The average molecular weight is 273 g/mol. The van der Waals surface area contributed by atoms with Gasteiger partial charge in [-0.15, -0.1) is 0 Å². The molecule has 5 heteroatoms. The van der Waals surface area contributed by atoms with Crippen molar-refractivity contribution in [1.82, 2.24) is 9.97 Å². The van der Waals surface area contributed by atoms with Crippen molar-refractivity contribution in [3.05, 3.63) is 36.0 Å². The van der Waals surface area contributed by atoms with Gasteiger partial charge in [-0.2, -0.15) is 0 Å². The molecule has 1 aromatic heterocycles. The van der Waals surface area contributed by atoms with Gasteiger partial charge in [0.2, 0.25) is 0 Å². The number of rotatable bonds is 6. The molecule has 0 saturated carbocycles.